The molecule has 0 aromatic carbocycles. The quantitative estimate of drug-likeness (QED) is 0.702. The minimum absolute atomic E-state index is 0.0394. The van der Waals surface area contributed by atoms with Gasteiger partial charge < -0.3 is 15.7 Å². The largest absolute Gasteiger partial charge is 0.396 e. The minimum atomic E-state index is -0.0394. The highest BCUT2D eigenvalue weighted by Gasteiger charge is 2.26. The van der Waals surface area contributed by atoms with E-state index in [4.69, 9.17) is 10.8 Å². The fraction of sp³-hybridized carbons (Fsp3) is 0.909. The van der Waals surface area contributed by atoms with Crippen molar-refractivity contribution in [2.24, 2.45) is 17.6 Å². The molecule has 0 aromatic heterocycles. The molecular formula is C11H22N2O2. The van der Waals surface area contributed by atoms with E-state index in [1.54, 1.807) is 0 Å². The zero-order valence-electron chi connectivity index (χ0n) is 9.48. The van der Waals surface area contributed by atoms with E-state index in [1.807, 2.05) is 11.8 Å². The molecule has 1 heterocycles. The third-order valence-electron chi connectivity index (χ3n) is 3.22. The molecule has 0 saturated carbocycles. The van der Waals surface area contributed by atoms with Gasteiger partial charge in [0.25, 0.3) is 0 Å². The lowest BCUT2D eigenvalue weighted by atomic mass is 9.96. The average molecular weight is 214 g/mol. The molecule has 3 N–H and O–H groups in total. The maximum Gasteiger partial charge on any atom is 0.226 e. The number of aliphatic hydroxyl groups is 1. The van der Waals surface area contributed by atoms with Crippen LogP contribution in [0.4, 0.5) is 0 Å². The van der Waals surface area contributed by atoms with Gasteiger partial charge in [-0.3, -0.25) is 4.79 Å². The zero-order chi connectivity index (χ0) is 11.3. The van der Waals surface area contributed by atoms with Crippen molar-refractivity contribution < 1.29 is 9.90 Å². The van der Waals surface area contributed by atoms with Crippen molar-refractivity contribution in [1.82, 2.24) is 4.90 Å². The van der Waals surface area contributed by atoms with Crippen LogP contribution in [0.25, 0.3) is 0 Å². The maximum atomic E-state index is 12.0. The summed E-state index contributed by atoms with van der Waals surface area (Å²) in [5.74, 6) is 0.388. The highest BCUT2D eigenvalue weighted by atomic mass is 16.3. The molecule has 4 nitrogen and oxygen atoms in total. The number of hydrogen-bond donors (Lipinski definition) is 2. The summed E-state index contributed by atoms with van der Waals surface area (Å²) in [7, 11) is 0. The summed E-state index contributed by atoms with van der Waals surface area (Å²) < 4.78 is 0. The molecule has 0 aromatic rings. The Bertz CT molecular complexity index is 205. The van der Waals surface area contributed by atoms with Crippen molar-refractivity contribution in [3.63, 3.8) is 0 Å². The molecule has 2 atom stereocenters. The summed E-state index contributed by atoms with van der Waals surface area (Å²) in [6.45, 7) is 4.12. The highest BCUT2D eigenvalue weighted by Crippen LogP contribution is 2.18. The van der Waals surface area contributed by atoms with Gasteiger partial charge in [-0.1, -0.05) is 6.92 Å². The van der Waals surface area contributed by atoms with Gasteiger partial charge in [0.15, 0.2) is 0 Å². The van der Waals surface area contributed by atoms with Gasteiger partial charge in [0.2, 0.25) is 5.91 Å². The van der Waals surface area contributed by atoms with Crippen LogP contribution in [0.15, 0.2) is 0 Å². The van der Waals surface area contributed by atoms with Gasteiger partial charge in [-0.25, -0.2) is 0 Å². The lowest BCUT2D eigenvalue weighted by molar-refractivity contribution is -0.137. The number of aliphatic hydroxyl groups excluding tert-OH is 1. The molecule has 15 heavy (non-hydrogen) atoms. The second-order valence-electron chi connectivity index (χ2n) is 4.32. The molecule has 1 rings (SSSR count). The Balaban J connectivity index is 2.51. The molecular weight excluding hydrogens is 192 g/mol. The number of hydrogen-bond acceptors (Lipinski definition) is 3. The van der Waals surface area contributed by atoms with Crippen LogP contribution in [-0.4, -0.2) is 42.2 Å². The van der Waals surface area contributed by atoms with Crippen LogP contribution >= 0.6 is 0 Å². The van der Waals surface area contributed by atoms with E-state index < -0.39 is 0 Å². The number of carbonyl (C=O) groups is 1. The third kappa shape index (κ3) is 3.18. The predicted molar refractivity (Wildman–Crippen MR) is 59.2 cm³/mol. The van der Waals surface area contributed by atoms with Gasteiger partial charge >= 0.3 is 0 Å². The van der Waals surface area contributed by atoms with Crippen LogP contribution in [0, 0.1) is 11.8 Å². The first-order valence-electron chi connectivity index (χ1n) is 5.82. The Morgan fingerprint density at radius 2 is 2.40 bits per heavy atom. The number of nitrogens with two attached hydrogens (primary N) is 1. The second kappa shape index (κ2) is 6.08. The molecule has 0 aliphatic carbocycles. The molecule has 0 spiro atoms. The smallest absolute Gasteiger partial charge is 0.226 e. The van der Waals surface area contributed by atoms with Crippen LogP contribution < -0.4 is 5.73 Å². The Morgan fingerprint density at radius 3 is 2.93 bits per heavy atom. The number of amides is 1. The number of carbonyl (C=O) groups excluding carboxylic acids is 1. The minimum Gasteiger partial charge on any atom is -0.396 e. The standard InChI is InChI=1S/C11H22N2O2/c1-2-10(6-12)11(15)13-5-3-4-9(7-13)8-14/h9-10,14H,2-8,12H2,1H3. The summed E-state index contributed by atoms with van der Waals surface area (Å²) in [4.78, 5) is 13.9. The van der Waals surface area contributed by atoms with Crippen molar-refractivity contribution in [2.75, 3.05) is 26.2 Å². The SMILES string of the molecule is CCC(CN)C(=O)N1CCCC(CO)C1. The van der Waals surface area contributed by atoms with E-state index in [0.717, 1.165) is 25.8 Å². The van der Waals surface area contributed by atoms with Crippen LogP contribution in [0.5, 0.6) is 0 Å². The summed E-state index contributed by atoms with van der Waals surface area (Å²) in [5.41, 5.74) is 5.56. The van der Waals surface area contributed by atoms with Crippen molar-refractivity contribution >= 4 is 5.91 Å². The summed E-state index contributed by atoms with van der Waals surface area (Å²) >= 11 is 0. The van der Waals surface area contributed by atoms with E-state index in [9.17, 15) is 4.79 Å². The summed E-state index contributed by atoms with van der Waals surface area (Å²) in [6.07, 6.45) is 2.83. The Labute approximate surface area is 91.4 Å². The van der Waals surface area contributed by atoms with Crippen molar-refractivity contribution in [1.29, 1.82) is 0 Å². The summed E-state index contributed by atoms with van der Waals surface area (Å²) in [6, 6.07) is 0. The van der Waals surface area contributed by atoms with Gasteiger partial charge in [0, 0.05) is 26.2 Å². The monoisotopic (exact) mass is 214 g/mol. The maximum absolute atomic E-state index is 12.0. The van der Waals surface area contributed by atoms with E-state index in [0.29, 0.717) is 13.1 Å². The molecule has 1 saturated heterocycles. The van der Waals surface area contributed by atoms with Gasteiger partial charge in [0.05, 0.1) is 5.92 Å². The van der Waals surface area contributed by atoms with Crippen LogP contribution in [0.2, 0.25) is 0 Å². The first-order chi connectivity index (χ1) is 7.22. The topological polar surface area (TPSA) is 66.6 Å². The van der Waals surface area contributed by atoms with Gasteiger partial charge in [-0.15, -0.1) is 0 Å². The number of likely N-dealkylation sites (tertiary alicyclic amines) is 1. The first kappa shape index (κ1) is 12.5. The fourth-order valence-corrected chi connectivity index (χ4v) is 2.11. The van der Waals surface area contributed by atoms with Gasteiger partial charge in [0.1, 0.15) is 0 Å². The van der Waals surface area contributed by atoms with Crippen molar-refractivity contribution in [3.8, 4) is 0 Å². The van der Waals surface area contributed by atoms with Crippen molar-refractivity contribution in [2.45, 2.75) is 26.2 Å². The van der Waals surface area contributed by atoms with E-state index >= 15 is 0 Å². The van der Waals surface area contributed by atoms with Crippen LogP contribution in [-0.2, 0) is 4.79 Å². The van der Waals surface area contributed by atoms with E-state index in [2.05, 4.69) is 0 Å². The predicted octanol–water partition coefficient (Wildman–Crippen LogP) is 0.202. The molecule has 4 heteroatoms. The van der Waals surface area contributed by atoms with Crippen LogP contribution in [0.3, 0.4) is 0 Å². The number of piperidine rings is 1. The molecule has 2 unspecified atom stereocenters. The highest BCUT2D eigenvalue weighted by molar-refractivity contribution is 5.79. The van der Waals surface area contributed by atoms with Crippen molar-refractivity contribution in [3.05, 3.63) is 0 Å². The molecule has 0 bridgehead atoms. The Kier molecular flexibility index (Phi) is 5.05. The zero-order valence-corrected chi connectivity index (χ0v) is 9.48. The molecule has 88 valence electrons. The van der Waals surface area contributed by atoms with Crippen LogP contribution in [0.1, 0.15) is 26.2 Å². The fourth-order valence-electron chi connectivity index (χ4n) is 2.11. The first-order valence-corrected chi connectivity index (χ1v) is 5.82. The lowest BCUT2D eigenvalue weighted by Crippen LogP contribution is -2.45. The molecule has 0 radical (unpaired) electrons. The van der Waals surface area contributed by atoms with E-state index in [-0.39, 0.29) is 24.3 Å². The Morgan fingerprint density at radius 1 is 1.67 bits per heavy atom. The third-order valence-corrected chi connectivity index (χ3v) is 3.22. The average Bonchev–Trinajstić information content (AvgIpc) is 2.30. The molecule has 1 aliphatic heterocycles. The number of nitrogens with zero attached hydrogens (tertiary/aromatic N) is 1. The molecule has 1 aliphatic rings. The lowest BCUT2D eigenvalue weighted by Gasteiger charge is -2.33. The van der Waals surface area contributed by atoms with Gasteiger partial charge in [-0.2, -0.15) is 0 Å². The van der Waals surface area contributed by atoms with Gasteiger partial charge in [-0.05, 0) is 25.2 Å². The molecule has 1 fully saturated rings. The number of rotatable bonds is 4. The summed E-state index contributed by atoms with van der Waals surface area (Å²) in [5, 5.41) is 9.08. The normalized spacial score (nSPS) is 23.9. The molecule has 1 amide bonds. The second-order valence-corrected chi connectivity index (χ2v) is 4.32. The van der Waals surface area contributed by atoms with E-state index in [1.165, 1.54) is 0 Å². The Hall–Kier alpha value is -0.610.